The van der Waals surface area contributed by atoms with Gasteiger partial charge in [-0.05, 0) is 112 Å². The molecule has 9 atom stereocenters. The molecule has 5 unspecified atom stereocenters. The van der Waals surface area contributed by atoms with Crippen LogP contribution in [0, 0.1) is 40.4 Å². The van der Waals surface area contributed by atoms with Crippen LogP contribution in [0.2, 0.25) is 0 Å². The summed E-state index contributed by atoms with van der Waals surface area (Å²) in [4.78, 5) is 11.5. The molecule has 4 heteroatoms. The molecule has 0 aliphatic heterocycles. The van der Waals surface area contributed by atoms with Gasteiger partial charge < -0.3 is 9.84 Å². The van der Waals surface area contributed by atoms with E-state index in [0.717, 1.165) is 43.4 Å². The van der Waals surface area contributed by atoms with Crippen LogP contribution in [0.4, 0.5) is 4.39 Å². The number of carbonyl (C=O) groups is 1. The van der Waals surface area contributed by atoms with Gasteiger partial charge in [0.25, 0.3) is 0 Å². The van der Waals surface area contributed by atoms with Gasteiger partial charge in [-0.15, -0.1) is 0 Å². The number of hydrogen-bond donors (Lipinski definition) is 1. The Labute approximate surface area is 200 Å². The highest BCUT2D eigenvalue weighted by Crippen LogP contribution is 2.67. The van der Waals surface area contributed by atoms with Crippen LogP contribution in [0.15, 0.2) is 11.6 Å². The lowest BCUT2D eigenvalue weighted by Gasteiger charge is -2.58. The SMILES string of the molecule is CC(=O)OC1CC[C@@]2(C)C(=CCC3C2CC[C@@]2(C)C3CC[C@@H]2[C@H](C)CCC(O)C(C)(C)F)C1. The largest absolute Gasteiger partial charge is 0.462 e. The molecule has 3 saturated carbocycles. The Hall–Kier alpha value is -0.900. The van der Waals surface area contributed by atoms with Crippen molar-refractivity contribution in [3.05, 3.63) is 11.6 Å². The number of allylic oxidation sites excluding steroid dienone is 1. The Balaban J connectivity index is 1.46. The predicted molar refractivity (Wildman–Crippen MR) is 130 cm³/mol. The van der Waals surface area contributed by atoms with Crippen LogP contribution in [-0.4, -0.2) is 29.0 Å². The maximum Gasteiger partial charge on any atom is 0.302 e. The van der Waals surface area contributed by atoms with Gasteiger partial charge in [-0.3, -0.25) is 4.79 Å². The third kappa shape index (κ3) is 4.55. The molecule has 4 aliphatic carbocycles. The quantitative estimate of drug-likeness (QED) is 0.341. The van der Waals surface area contributed by atoms with Crippen LogP contribution in [0.5, 0.6) is 0 Å². The lowest BCUT2D eigenvalue weighted by atomic mass is 9.47. The molecule has 188 valence electrons. The first-order valence-corrected chi connectivity index (χ1v) is 13.6. The Morgan fingerprint density at radius 1 is 1.18 bits per heavy atom. The third-order valence-electron chi connectivity index (χ3n) is 10.8. The first-order chi connectivity index (χ1) is 15.4. The van der Waals surface area contributed by atoms with E-state index >= 15 is 0 Å². The minimum absolute atomic E-state index is 0.0635. The fourth-order valence-corrected chi connectivity index (χ4v) is 8.90. The summed E-state index contributed by atoms with van der Waals surface area (Å²) in [6, 6.07) is 0. The first kappa shape index (κ1) is 25.2. The molecule has 0 aromatic carbocycles. The van der Waals surface area contributed by atoms with Gasteiger partial charge in [0, 0.05) is 13.3 Å². The van der Waals surface area contributed by atoms with E-state index in [-0.39, 0.29) is 17.5 Å². The molecule has 0 saturated heterocycles. The number of ether oxygens (including phenoxy) is 1. The van der Waals surface area contributed by atoms with Gasteiger partial charge in [0.1, 0.15) is 11.8 Å². The van der Waals surface area contributed by atoms with Crippen LogP contribution in [-0.2, 0) is 9.53 Å². The van der Waals surface area contributed by atoms with Crippen LogP contribution < -0.4 is 0 Å². The summed E-state index contributed by atoms with van der Waals surface area (Å²) in [6.07, 6.45) is 12.6. The summed E-state index contributed by atoms with van der Waals surface area (Å²) in [5, 5.41) is 10.2. The second-order valence-corrected chi connectivity index (χ2v) is 13.1. The maximum absolute atomic E-state index is 14.1. The van der Waals surface area contributed by atoms with Crippen LogP contribution in [0.1, 0.15) is 106 Å². The normalized spacial score (nSPS) is 42.4. The summed E-state index contributed by atoms with van der Waals surface area (Å²) in [5.41, 5.74) is 0.667. The minimum Gasteiger partial charge on any atom is -0.462 e. The summed E-state index contributed by atoms with van der Waals surface area (Å²) in [6.45, 7) is 11.9. The molecular weight excluding hydrogens is 415 g/mol. The van der Waals surface area contributed by atoms with Crippen molar-refractivity contribution in [1.82, 2.24) is 0 Å². The van der Waals surface area contributed by atoms with E-state index < -0.39 is 11.8 Å². The fraction of sp³-hybridized carbons (Fsp3) is 0.897. The first-order valence-electron chi connectivity index (χ1n) is 13.6. The second-order valence-electron chi connectivity index (χ2n) is 13.1. The number of fused-ring (bicyclic) bond motifs is 5. The number of halogens is 1. The molecule has 0 aromatic heterocycles. The molecule has 4 rings (SSSR count). The molecule has 0 amide bonds. The molecule has 0 bridgehead atoms. The maximum atomic E-state index is 14.1. The zero-order valence-electron chi connectivity index (χ0n) is 21.8. The Morgan fingerprint density at radius 3 is 2.58 bits per heavy atom. The Kier molecular flexibility index (Phi) is 6.84. The summed E-state index contributed by atoms with van der Waals surface area (Å²) in [5.74, 6) is 3.33. The van der Waals surface area contributed by atoms with Gasteiger partial charge in [0.05, 0.1) is 6.10 Å². The predicted octanol–water partition coefficient (Wildman–Crippen LogP) is 7.02. The lowest BCUT2D eigenvalue weighted by molar-refractivity contribution is -0.148. The molecular formula is C29H47FO3. The van der Waals surface area contributed by atoms with E-state index in [1.807, 2.05) is 0 Å². The van der Waals surface area contributed by atoms with E-state index in [1.165, 1.54) is 52.9 Å². The second kappa shape index (κ2) is 8.95. The number of aliphatic hydroxyl groups excluding tert-OH is 1. The van der Waals surface area contributed by atoms with Crippen molar-refractivity contribution in [3.8, 4) is 0 Å². The summed E-state index contributed by atoms with van der Waals surface area (Å²) < 4.78 is 19.7. The number of alkyl halides is 1. The topological polar surface area (TPSA) is 46.5 Å². The van der Waals surface area contributed by atoms with Gasteiger partial charge in [-0.25, -0.2) is 4.39 Å². The number of aliphatic hydroxyl groups is 1. The fourth-order valence-electron chi connectivity index (χ4n) is 8.90. The standard InChI is InChI=1S/C29H47FO3/c1-18(7-12-26(32)27(3,4)30)23-10-11-24-22-9-8-20-17-21(33-19(2)31)13-15-28(20,5)25(22)14-16-29(23,24)6/h8,18,21-26,32H,7,9-17H2,1-6H3/t18-,21?,22?,23-,24?,25?,26?,28+,29-/m1/s1. The van der Waals surface area contributed by atoms with Crippen molar-refractivity contribution < 1.29 is 19.0 Å². The molecule has 0 heterocycles. The number of hydrogen-bond acceptors (Lipinski definition) is 3. The lowest BCUT2D eigenvalue weighted by Crippen LogP contribution is -2.51. The molecule has 0 radical (unpaired) electrons. The van der Waals surface area contributed by atoms with Crippen molar-refractivity contribution >= 4 is 5.97 Å². The Bertz CT molecular complexity index is 769. The third-order valence-corrected chi connectivity index (χ3v) is 10.8. The van der Waals surface area contributed by atoms with Gasteiger partial charge in [0.15, 0.2) is 0 Å². The molecule has 1 N–H and O–H groups in total. The van der Waals surface area contributed by atoms with E-state index in [4.69, 9.17) is 4.74 Å². The van der Waals surface area contributed by atoms with Crippen molar-refractivity contribution in [2.45, 2.75) is 124 Å². The molecule has 3 nitrogen and oxygen atoms in total. The zero-order chi connectivity index (χ0) is 24.2. The molecule has 0 aromatic rings. The molecule has 0 spiro atoms. The van der Waals surface area contributed by atoms with Gasteiger partial charge in [0.2, 0.25) is 0 Å². The van der Waals surface area contributed by atoms with E-state index in [2.05, 4.69) is 26.8 Å². The summed E-state index contributed by atoms with van der Waals surface area (Å²) >= 11 is 0. The van der Waals surface area contributed by atoms with Gasteiger partial charge in [-0.2, -0.15) is 0 Å². The molecule has 4 aliphatic rings. The van der Waals surface area contributed by atoms with Crippen molar-refractivity contribution in [1.29, 1.82) is 0 Å². The molecule has 3 fully saturated rings. The zero-order valence-corrected chi connectivity index (χ0v) is 21.8. The van der Waals surface area contributed by atoms with E-state index in [9.17, 15) is 14.3 Å². The highest BCUT2D eigenvalue weighted by Gasteiger charge is 2.59. The average molecular weight is 463 g/mol. The average Bonchev–Trinajstić information content (AvgIpc) is 3.08. The van der Waals surface area contributed by atoms with Crippen LogP contribution in [0.3, 0.4) is 0 Å². The van der Waals surface area contributed by atoms with Crippen molar-refractivity contribution in [3.63, 3.8) is 0 Å². The number of carbonyl (C=O) groups excluding carboxylic acids is 1. The van der Waals surface area contributed by atoms with E-state index in [1.54, 1.807) is 5.57 Å². The Morgan fingerprint density at radius 2 is 1.91 bits per heavy atom. The van der Waals surface area contributed by atoms with Crippen LogP contribution in [0.25, 0.3) is 0 Å². The number of esters is 1. The van der Waals surface area contributed by atoms with Gasteiger partial charge in [-0.1, -0.05) is 32.4 Å². The smallest absolute Gasteiger partial charge is 0.302 e. The molecule has 33 heavy (non-hydrogen) atoms. The summed E-state index contributed by atoms with van der Waals surface area (Å²) in [7, 11) is 0. The highest BCUT2D eigenvalue weighted by atomic mass is 19.1. The number of rotatable bonds is 6. The minimum atomic E-state index is -1.52. The van der Waals surface area contributed by atoms with Gasteiger partial charge >= 0.3 is 5.97 Å². The van der Waals surface area contributed by atoms with Crippen LogP contribution >= 0.6 is 0 Å². The monoisotopic (exact) mass is 462 g/mol. The van der Waals surface area contributed by atoms with Crippen molar-refractivity contribution in [2.75, 3.05) is 0 Å². The van der Waals surface area contributed by atoms with Crippen molar-refractivity contribution in [2.24, 2.45) is 40.4 Å². The highest BCUT2D eigenvalue weighted by molar-refractivity contribution is 5.66. The van der Waals surface area contributed by atoms with E-state index in [0.29, 0.717) is 23.7 Å².